The number of nitrogens with zero attached hydrogens (tertiary/aromatic N) is 2. The summed E-state index contributed by atoms with van der Waals surface area (Å²) in [5, 5.41) is 4.13. The van der Waals surface area contributed by atoms with Crippen molar-refractivity contribution in [3.05, 3.63) is 104 Å². The first kappa shape index (κ1) is 20.1. The van der Waals surface area contributed by atoms with Gasteiger partial charge in [-0.15, -0.1) is 0 Å². The number of amides is 1. The third-order valence-electron chi connectivity index (χ3n) is 4.73. The van der Waals surface area contributed by atoms with Gasteiger partial charge in [0, 0.05) is 16.6 Å². The number of benzene rings is 2. The standard InChI is InChI=1S/C23H17Cl2N3O2/c1-14-4-6-15(7-5-14)13-28-21-16(3-2-10-26-21)11-18(23(28)30)22(29)27-20-9-8-17(24)12-19(20)25/h2-12H,13H2,1H3,(H,27,29). The molecule has 0 bridgehead atoms. The van der Waals surface area contributed by atoms with E-state index in [1.807, 2.05) is 37.3 Å². The number of hydrogen-bond donors (Lipinski definition) is 1. The van der Waals surface area contributed by atoms with E-state index < -0.39 is 11.5 Å². The summed E-state index contributed by atoms with van der Waals surface area (Å²) in [5.41, 5.74) is 2.54. The van der Waals surface area contributed by atoms with Crippen molar-refractivity contribution >= 4 is 45.8 Å². The molecule has 0 atom stereocenters. The smallest absolute Gasteiger partial charge is 0.265 e. The highest BCUT2D eigenvalue weighted by molar-refractivity contribution is 6.36. The average Bonchev–Trinajstić information content (AvgIpc) is 2.73. The number of nitrogens with one attached hydrogen (secondary N) is 1. The molecule has 0 fully saturated rings. The van der Waals surface area contributed by atoms with Crippen LogP contribution in [0.15, 0.2) is 71.7 Å². The number of pyridine rings is 2. The highest BCUT2D eigenvalue weighted by atomic mass is 35.5. The highest BCUT2D eigenvalue weighted by Crippen LogP contribution is 2.26. The monoisotopic (exact) mass is 437 g/mol. The lowest BCUT2D eigenvalue weighted by atomic mass is 10.1. The Kier molecular flexibility index (Phi) is 5.57. The highest BCUT2D eigenvalue weighted by Gasteiger charge is 2.18. The molecule has 0 saturated carbocycles. The molecule has 0 spiro atoms. The SMILES string of the molecule is Cc1ccc(Cn2c(=O)c(C(=O)Nc3ccc(Cl)cc3Cl)cc3cccnc32)cc1. The minimum atomic E-state index is -0.548. The van der Waals surface area contributed by atoms with Crippen LogP contribution in [0.1, 0.15) is 21.5 Å². The summed E-state index contributed by atoms with van der Waals surface area (Å²) >= 11 is 12.1. The van der Waals surface area contributed by atoms with Crippen molar-refractivity contribution in [3.63, 3.8) is 0 Å². The Bertz CT molecular complexity index is 1310. The molecule has 1 N–H and O–H groups in total. The first-order valence-corrected chi connectivity index (χ1v) is 9.98. The number of anilines is 1. The van der Waals surface area contributed by atoms with Gasteiger partial charge in [-0.2, -0.15) is 0 Å². The van der Waals surface area contributed by atoms with Crippen LogP contribution in [-0.2, 0) is 6.54 Å². The number of aromatic nitrogens is 2. The summed E-state index contributed by atoms with van der Waals surface area (Å²) in [7, 11) is 0. The number of carbonyl (C=O) groups is 1. The molecule has 4 aromatic rings. The van der Waals surface area contributed by atoms with Crippen LogP contribution >= 0.6 is 23.2 Å². The summed E-state index contributed by atoms with van der Waals surface area (Å²) < 4.78 is 1.51. The molecule has 0 aliphatic heterocycles. The van der Waals surface area contributed by atoms with E-state index in [-0.39, 0.29) is 5.56 Å². The zero-order chi connectivity index (χ0) is 21.3. The number of aryl methyl sites for hydroxylation is 1. The predicted molar refractivity (Wildman–Crippen MR) is 121 cm³/mol. The third kappa shape index (κ3) is 4.08. The normalized spacial score (nSPS) is 10.9. The molecule has 2 heterocycles. The Morgan fingerprint density at radius 1 is 1.07 bits per heavy atom. The lowest BCUT2D eigenvalue weighted by Gasteiger charge is -2.13. The van der Waals surface area contributed by atoms with E-state index >= 15 is 0 Å². The van der Waals surface area contributed by atoms with Gasteiger partial charge >= 0.3 is 0 Å². The molecule has 150 valence electrons. The number of fused-ring (bicyclic) bond motifs is 1. The van der Waals surface area contributed by atoms with E-state index in [0.717, 1.165) is 11.1 Å². The van der Waals surface area contributed by atoms with Gasteiger partial charge in [0.15, 0.2) is 0 Å². The van der Waals surface area contributed by atoms with Gasteiger partial charge in [0.2, 0.25) is 0 Å². The van der Waals surface area contributed by atoms with Crippen molar-refractivity contribution in [2.24, 2.45) is 0 Å². The van der Waals surface area contributed by atoms with Gasteiger partial charge in [-0.25, -0.2) is 4.98 Å². The molecule has 30 heavy (non-hydrogen) atoms. The minimum absolute atomic E-state index is 0.00799. The second-order valence-electron chi connectivity index (χ2n) is 6.93. The van der Waals surface area contributed by atoms with Crippen molar-refractivity contribution in [2.45, 2.75) is 13.5 Å². The summed E-state index contributed by atoms with van der Waals surface area (Å²) in [6.07, 6.45) is 1.63. The topological polar surface area (TPSA) is 64.0 Å². The Morgan fingerprint density at radius 3 is 2.57 bits per heavy atom. The summed E-state index contributed by atoms with van der Waals surface area (Å²) in [4.78, 5) is 30.5. The maximum Gasteiger partial charge on any atom is 0.265 e. The maximum absolute atomic E-state index is 13.2. The van der Waals surface area contributed by atoms with Crippen molar-refractivity contribution < 1.29 is 4.79 Å². The van der Waals surface area contributed by atoms with Crippen LogP contribution in [0.3, 0.4) is 0 Å². The first-order valence-electron chi connectivity index (χ1n) is 9.23. The van der Waals surface area contributed by atoms with Crippen LogP contribution < -0.4 is 10.9 Å². The molecule has 0 radical (unpaired) electrons. The maximum atomic E-state index is 13.2. The molecule has 0 aliphatic rings. The van der Waals surface area contributed by atoms with Gasteiger partial charge in [-0.05, 0) is 48.9 Å². The molecule has 0 saturated heterocycles. The Hall–Kier alpha value is -3.15. The fraction of sp³-hybridized carbons (Fsp3) is 0.0870. The molecule has 2 aromatic heterocycles. The largest absolute Gasteiger partial charge is 0.320 e. The summed E-state index contributed by atoms with van der Waals surface area (Å²) in [5.74, 6) is -0.548. The number of carbonyl (C=O) groups excluding carboxylic acids is 1. The van der Waals surface area contributed by atoms with E-state index in [2.05, 4.69) is 10.3 Å². The average molecular weight is 438 g/mol. The first-order chi connectivity index (χ1) is 14.4. The zero-order valence-corrected chi connectivity index (χ0v) is 17.5. The Morgan fingerprint density at radius 2 is 1.83 bits per heavy atom. The van der Waals surface area contributed by atoms with Crippen molar-refractivity contribution in [1.29, 1.82) is 0 Å². The Labute approximate surface area is 182 Å². The van der Waals surface area contributed by atoms with Gasteiger partial charge < -0.3 is 5.32 Å². The van der Waals surface area contributed by atoms with Gasteiger partial charge in [0.25, 0.3) is 11.5 Å². The second-order valence-corrected chi connectivity index (χ2v) is 7.77. The molecule has 0 aliphatic carbocycles. The number of hydrogen-bond acceptors (Lipinski definition) is 3. The fourth-order valence-electron chi connectivity index (χ4n) is 3.17. The molecular formula is C23H17Cl2N3O2. The van der Waals surface area contributed by atoms with E-state index in [4.69, 9.17) is 23.2 Å². The van der Waals surface area contributed by atoms with Crippen LogP contribution in [0.5, 0.6) is 0 Å². The molecule has 1 amide bonds. The quantitative estimate of drug-likeness (QED) is 0.470. The van der Waals surface area contributed by atoms with Crippen LogP contribution in [0, 0.1) is 6.92 Å². The zero-order valence-electron chi connectivity index (χ0n) is 16.0. The molecule has 4 rings (SSSR count). The van der Waals surface area contributed by atoms with Crippen molar-refractivity contribution in [3.8, 4) is 0 Å². The van der Waals surface area contributed by atoms with E-state index in [0.29, 0.717) is 33.3 Å². The third-order valence-corrected chi connectivity index (χ3v) is 5.28. The van der Waals surface area contributed by atoms with Gasteiger partial charge in [-0.1, -0.05) is 53.0 Å². The minimum Gasteiger partial charge on any atom is -0.320 e. The van der Waals surface area contributed by atoms with Crippen molar-refractivity contribution in [2.75, 3.05) is 5.32 Å². The lowest BCUT2D eigenvalue weighted by Crippen LogP contribution is -2.30. The fourth-order valence-corrected chi connectivity index (χ4v) is 3.63. The molecular weight excluding hydrogens is 421 g/mol. The van der Waals surface area contributed by atoms with Gasteiger partial charge in [-0.3, -0.25) is 14.2 Å². The van der Waals surface area contributed by atoms with Crippen LogP contribution in [0.2, 0.25) is 10.0 Å². The van der Waals surface area contributed by atoms with E-state index in [1.54, 1.807) is 30.5 Å². The van der Waals surface area contributed by atoms with Crippen LogP contribution in [0.25, 0.3) is 11.0 Å². The Balaban J connectivity index is 1.78. The summed E-state index contributed by atoms with van der Waals surface area (Å²) in [6, 6.07) is 17.7. The molecule has 2 aromatic carbocycles. The van der Waals surface area contributed by atoms with Crippen LogP contribution in [0.4, 0.5) is 5.69 Å². The predicted octanol–water partition coefficient (Wildman–Crippen LogP) is 5.31. The van der Waals surface area contributed by atoms with Gasteiger partial charge in [0.05, 0.1) is 17.3 Å². The second kappa shape index (κ2) is 8.30. The lowest BCUT2D eigenvalue weighted by molar-refractivity contribution is 0.102. The number of halogens is 2. The van der Waals surface area contributed by atoms with Gasteiger partial charge in [0.1, 0.15) is 11.2 Å². The van der Waals surface area contributed by atoms with Crippen LogP contribution in [-0.4, -0.2) is 15.5 Å². The molecule has 0 unspecified atom stereocenters. The number of rotatable bonds is 4. The van der Waals surface area contributed by atoms with Crippen molar-refractivity contribution in [1.82, 2.24) is 9.55 Å². The van der Waals surface area contributed by atoms with E-state index in [9.17, 15) is 9.59 Å². The molecule has 5 nitrogen and oxygen atoms in total. The van der Waals surface area contributed by atoms with E-state index in [1.165, 1.54) is 10.6 Å². The molecule has 7 heteroatoms. The summed E-state index contributed by atoms with van der Waals surface area (Å²) in [6.45, 7) is 2.30.